The minimum Gasteiger partial charge on any atom is -0.367 e. The lowest BCUT2D eigenvalue weighted by Crippen LogP contribution is -2.29. The standard InChI is InChI=1S/C12H14ClN3/c1-8-4-10(15)7-16(8)11-3-2-9(6-14)12(13)5-11/h2-3,5,8,10H,4,7,15H2,1H3/t8-,10+/m0/s1. The number of rotatable bonds is 1. The predicted octanol–water partition coefficient (Wildman–Crippen LogP) is 2.14. The van der Waals surface area contributed by atoms with Crippen molar-refractivity contribution in [3.8, 4) is 6.07 Å². The van der Waals surface area contributed by atoms with E-state index in [4.69, 9.17) is 22.6 Å². The van der Waals surface area contributed by atoms with Crippen molar-refractivity contribution in [3.05, 3.63) is 28.8 Å². The highest BCUT2D eigenvalue weighted by Gasteiger charge is 2.26. The minimum absolute atomic E-state index is 0.226. The fourth-order valence-electron chi connectivity index (χ4n) is 2.21. The highest BCUT2D eigenvalue weighted by Crippen LogP contribution is 2.28. The first-order chi connectivity index (χ1) is 7.61. The van der Waals surface area contributed by atoms with Crippen molar-refractivity contribution in [2.24, 2.45) is 5.73 Å². The summed E-state index contributed by atoms with van der Waals surface area (Å²) < 4.78 is 0. The summed E-state index contributed by atoms with van der Waals surface area (Å²) >= 11 is 6.01. The number of nitrogens with two attached hydrogens (primary N) is 1. The van der Waals surface area contributed by atoms with E-state index in [1.807, 2.05) is 12.1 Å². The van der Waals surface area contributed by atoms with E-state index in [1.54, 1.807) is 6.07 Å². The normalized spacial score (nSPS) is 24.5. The predicted molar refractivity (Wildman–Crippen MR) is 65.6 cm³/mol. The van der Waals surface area contributed by atoms with Gasteiger partial charge < -0.3 is 10.6 Å². The first-order valence-corrected chi connectivity index (χ1v) is 5.71. The molecule has 84 valence electrons. The van der Waals surface area contributed by atoms with Crippen LogP contribution in [0.3, 0.4) is 0 Å². The van der Waals surface area contributed by atoms with Crippen molar-refractivity contribution in [2.45, 2.75) is 25.4 Å². The number of halogens is 1. The largest absolute Gasteiger partial charge is 0.367 e. The average Bonchev–Trinajstić information content (AvgIpc) is 2.58. The molecule has 0 saturated carbocycles. The van der Waals surface area contributed by atoms with Crippen molar-refractivity contribution < 1.29 is 0 Å². The second-order valence-corrected chi connectivity index (χ2v) is 4.68. The molecule has 1 heterocycles. The Morgan fingerprint density at radius 1 is 1.56 bits per heavy atom. The van der Waals surface area contributed by atoms with Crippen LogP contribution < -0.4 is 10.6 Å². The average molecular weight is 236 g/mol. The van der Waals surface area contributed by atoms with Crippen LogP contribution in [0.2, 0.25) is 5.02 Å². The van der Waals surface area contributed by atoms with Crippen LogP contribution in [-0.4, -0.2) is 18.6 Å². The van der Waals surface area contributed by atoms with Crippen LogP contribution in [0, 0.1) is 11.3 Å². The molecule has 2 rings (SSSR count). The van der Waals surface area contributed by atoms with Crippen molar-refractivity contribution >= 4 is 17.3 Å². The third kappa shape index (κ3) is 1.99. The van der Waals surface area contributed by atoms with Gasteiger partial charge in [-0.1, -0.05) is 11.6 Å². The molecule has 0 amide bonds. The van der Waals surface area contributed by atoms with Gasteiger partial charge in [-0.15, -0.1) is 0 Å². The zero-order valence-corrected chi connectivity index (χ0v) is 9.91. The van der Waals surface area contributed by atoms with E-state index < -0.39 is 0 Å². The van der Waals surface area contributed by atoms with Crippen molar-refractivity contribution in [2.75, 3.05) is 11.4 Å². The number of nitriles is 1. The van der Waals surface area contributed by atoms with Gasteiger partial charge in [0.15, 0.2) is 0 Å². The highest BCUT2D eigenvalue weighted by atomic mass is 35.5. The fraction of sp³-hybridized carbons (Fsp3) is 0.417. The molecular weight excluding hydrogens is 222 g/mol. The Bertz CT molecular complexity index is 438. The van der Waals surface area contributed by atoms with Crippen LogP contribution in [0.4, 0.5) is 5.69 Å². The Morgan fingerprint density at radius 2 is 2.31 bits per heavy atom. The number of anilines is 1. The maximum Gasteiger partial charge on any atom is 0.101 e. The molecule has 0 unspecified atom stereocenters. The summed E-state index contributed by atoms with van der Waals surface area (Å²) in [6.45, 7) is 3.00. The van der Waals surface area contributed by atoms with Crippen molar-refractivity contribution in [1.29, 1.82) is 5.26 Å². The topological polar surface area (TPSA) is 53.0 Å². The summed E-state index contributed by atoms with van der Waals surface area (Å²) in [6.07, 6.45) is 0.998. The second kappa shape index (κ2) is 4.32. The Morgan fingerprint density at radius 3 is 2.81 bits per heavy atom. The van der Waals surface area contributed by atoms with Crippen molar-refractivity contribution in [3.63, 3.8) is 0 Å². The van der Waals surface area contributed by atoms with Gasteiger partial charge in [-0.05, 0) is 31.5 Å². The molecule has 0 aliphatic carbocycles. The summed E-state index contributed by atoms with van der Waals surface area (Å²) in [7, 11) is 0. The smallest absolute Gasteiger partial charge is 0.101 e. The van der Waals surface area contributed by atoms with E-state index in [2.05, 4.69) is 17.9 Å². The van der Waals surface area contributed by atoms with Crippen molar-refractivity contribution in [1.82, 2.24) is 0 Å². The van der Waals surface area contributed by atoms with Gasteiger partial charge in [-0.25, -0.2) is 0 Å². The number of hydrogen-bond donors (Lipinski definition) is 1. The lowest BCUT2D eigenvalue weighted by molar-refractivity contribution is 0.690. The van der Waals surface area contributed by atoms with Gasteiger partial charge in [-0.2, -0.15) is 5.26 Å². The summed E-state index contributed by atoms with van der Waals surface area (Å²) in [5, 5.41) is 9.31. The van der Waals surface area contributed by atoms with E-state index in [1.165, 1.54) is 0 Å². The van der Waals surface area contributed by atoms with E-state index in [-0.39, 0.29) is 6.04 Å². The molecule has 4 heteroatoms. The Hall–Kier alpha value is -1.24. The summed E-state index contributed by atoms with van der Waals surface area (Å²) in [5.41, 5.74) is 7.48. The monoisotopic (exact) mass is 235 g/mol. The third-order valence-corrected chi connectivity index (χ3v) is 3.32. The maximum absolute atomic E-state index is 8.80. The Balaban J connectivity index is 2.29. The Labute approximate surface area is 100 Å². The fourth-order valence-corrected chi connectivity index (χ4v) is 2.42. The maximum atomic E-state index is 8.80. The third-order valence-electron chi connectivity index (χ3n) is 3.01. The molecule has 1 aromatic carbocycles. The van der Waals surface area contributed by atoms with Crippen LogP contribution in [0.25, 0.3) is 0 Å². The first-order valence-electron chi connectivity index (χ1n) is 5.33. The van der Waals surface area contributed by atoms with Gasteiger partial charge in [0.2, 0.25) is 0 Å². The summed E-state index contributed by atoms with van der Waals surface area (Å²) in [6, 6.07) is 8.24. The molecule has 1 aliphatic heterocycles. The first kappa shape index (κ1) is 11.3. The van der Waals surface area contributed by atoms with Gasteiger partial charge in [-0.3, -0.25) is 0 Å². The molecule has 1 aromatic rings. The summed E-state index contributed by atoms with van der Waals surface area (Å²) in [5.74, 6) is 0. The molecule has 0 radical (unpaired) electrons. The molecule has 0 bridgehead atoms. The van der Waals surface area contributed by atoms with Crippen LogP contribution in [0.1, 0.15) is 18.9 Å². The van der Waals surface area contributed by atoms with Crippen LogP contribution >= 0.6 is 11.6 Å². The molecule has 0 spiro atoms. The van der Waals surface area contributed by atoms with Gasteiger partial charge >= 0.3 is 0 Å². The van der Waals surface area contributed by atoms with E-state index >= 15 is 0 Å². The van der Waals surface area contributed by atoms with Gasteiger partial charge in [0, 0.05) is 24.3 Å². The minimum atomic E-state index is 0.226. The number of nitrogens with zero attached hydrogens (tertiary/aromatic N) is 2. The van der Waals surface area contributed by atoms with E-state index in [9.17, 15) is 0 Å². The lowest BCUT2D eigenvalue weighted by Gasteiger charge is -2.23. The van der Waals surface area contributed by atoms with Gasteiger partial charge in [0.05, 0.1) is 10.6 Å². The SMILES string of the molecule is C[C@H]1C[C@@H](N)CN1c1ccc(C#N)c(Cl)c1. The zero-order chi connectivity index (χ0) is 11.7. The molecule has 1 aliphatic rings. The molecule has 16 heavy (non-hydrogen) atoms. The van der Waals surface area contributed by atoms with Crippen LogP contribution in [0.15, 0.2) is 18.2 Å². The quantitative estimate of drug-likeness (QED) is 0.812. The molecule has 1 saturated heterocycles. The summed E-state index contributed by atoms with van der Waals surface area (Å²) in [4.78, 5) is 2.23. The molecule has 2 N–H and O–H groups in total. The second-order valence-electron chi connectivity index (χ2n) is 4.27. The Kier molecular flexibility index (Phi) is 3.04. The molecule has 1 fully saturated rings. The molecule has 2 atom stereocenters. The zero-order valence-electron chi connectivity index (χ0n) is 9.15. The lowest BCUT2D eigenvalue weighted by atomic mass is 10.2. The molecule has 3 nitrogen and oxygen atoms in total. The van der Waals surface area contributed by atoms with Crippen LogP contribution in [0.5, 0.6) is 0 Å². The van der Waals surface area contributed by atoms with Gasteiger partial charge in [0.25, 0.3) is 0 Å². The van der Waals surface area contributed by atoms with Gasteiger partial charge in [0.1, 0.15) is 6.07 Å². The van der Waals surface area contributed by atoms with Crippen LogP contribution in [-0.2, 0) is 0 Å². The van der Waals surface area contributed by atoms with E-state index in [0.717, 1.165) is 18.7 Å². The number of hydrogen-bond acceptors (Lipinski definition) is 3. The molecular formula is C12H14ClN3. The molecule has 0 aromatic heterocycles. The number of benzene rings is 1. The highest BCUT2D eigenvalue weighted by molar-refractivity contribution is 6.32. The van der Waals surface area contributed by atoms with E-state index in [0.29, 0.717) is 16.6 Å².